The summed E-state index contributed by atoms with van der Waals surface area (Å²) >= 11 is 0. The van der Waals surface area contributed by atoms with Crippen LogP contribution in [0.1, 0.15) is 68.7 Å². The number of carbonyl (C=O) groups is 4. The Bertz CT molecular complexity index is 2190. The highest BCUT2D eigenvalue weighted by Gasteiger charge is 2.47. The number of esters is 3. The van der Waals surface area contributed by atoms with Gasteiger partial charge in [0, 0.05) is 0 Å². The maximum Gasteiger partial charge on any atom is 0.475 e. The second kappa shape index (κ2) is 21.3. The Hall–Kier alpha value is -5.74. The molecule has 1 heterocycles. The predicted octanol–water partition coefficient (Wildman–Crippen LogP) is 8.54. The van der Waals surface area contributed by atoms with Gasteiger partial charge in [-0.1, -0.05) is 110 Å². The van der Waals surface area contributed by atoms with Crippen molar-refractivity contribution in [3.05, 3.63) is 166 Å². The number of hydrogen-bond acceptors (Lipinski definition) is 12. The monoisotopic (exact) mass is 825 g/mol. The van der Waals surface area contributed by atoms with Crippen molar-refractivity contribution < 1.29 is 56.6 Å². The van der Waals surface area contributed by atoms with Crippen molar-refractivity contribution in [2.75, 3.05) is 19.8 Å². The first-order chi connectivity index (χ1) is 28.1. The second-order valence-electron chi connectivity index (χ2n) is 14.2. The number of phosphoric ester groups is 1. The first-order valence-electron chi connectivity index (χ1n) is 18.8. The molecule has 2 aliphatic rings. The van der Waals surface area contributed by atoms with Gasteiger partial charge in [0.2, 0.25) is 12.3 Å². The van der Waals surface area contributed by atoms with Crippen LogP contribution in [0.2, 0.25) is 0 Å². The number of ketones is 1. The van der Waals surface area contributed by atoms with Crippen molar-refractivity contribution in [2.45, 2.75) is 66.3 Å². The average Bonchev–Trinajstić information content (AvgIpc) is 3.51. The van der Waals surface area contributed by atoms with Crippen LogP contribution in [-0.4, -0.2) is 66.9 Å². The number of phosphoric acid groups is 1. The lowest BCUT2D eigenvalue weighted by molar-refractivity contribution is -0.148. The van der Waals surface area contributed by atoms with Gasteiger partial charge in [-0.3, -0.25) is 18.4 Å². The van der Waals surface area contributed by atoms with Crippen LogP contribution in [0.3, 0.4) is 0 Å². The van der Waals surface area contributed by atoms with Crippen LogP contribution < -0.4 is 0 Å². The van der Waals surface area contributed by atoms with E-state index in [2.05, 4.69) is 4.85 Å². The molecule has 0 saturated heterocycles. The molecule has 0 radical (unpaired) electrons. The van der Waals surface area contributed by atoms with E-state index in [0.29, 0.717) is 5.57 Å². The third-order valence-electron chi connectivity index (χ3n) is 9.05. The molecule has 0 aromatic heterocycles. The molecule has 4 atom stereocenters. The summed E-state index contributed by atoms with van der Waals surface area (Å²) in [6.07, 6.45) is 10.6. The summed E-state index contributed by atoms with van der Waals surface area (Å²) in [5, 5.41) is 11.3. The van der Waals surface area contributed by atoms with Gasteiger partial charge in [-0.25, -0.2) is 25.5 Å². The largest absolute Gasteiger partial charge is 0.475 e. The summed E-state index contributed by atoms with van der Waals surface area (Å²) in [5.74, 6) is -5.09. The molecule has 0 bridgehead atoms. The summed E-state index contributed by atoms with van der Waals surface area (Å²) in [7, 11) is -4.74. The standard InChI is InChI=1S/C45H48NO12P/c1-8-9-17-30(2)18-16-19-31(3)24-25-35-32(4)38(48)37(28-45(35,5)6)58-59(52,53-27-26-46-7)54-29-36(47)39-40(56-42(49)33-20-12-10-13-21-33)41(44(51)55-39)57-43(50)34-22-14-11-15-23-34/h8-25,36-37,39,47H,26-29H2,1-6H3/t36-,37?,39+,59?/m0/s1. The van der Waals surface area contributed by atoms with Crippen LogP contribution in [0, 0.1) is 12.0 Å². The predicted molar refractivity (Wildman–Crippen MR) is 219 cm³/mol. The van der Waals surface area contributed by atoms with E-state index < -0.39 is 80.0 Å². The summed E-state index contributed by atoms with van der Waals surface area (Å²) in [4.78, 5) is 56.1. The van der Waals surface area contributed by atoms with Crippen molar-refractivity contribution in [2.24, 2.45) is 5.41 Å². The number of carbonyl (C=O) groups excluding carboxylic acids is 4. The molecule has 59 heavy (non-hydrogen) atoms. The van der Waals surface area contributed by atoms with Gasteiger partial charge in [-0.05, 0) is 74.9 Å². The zero-order valence-electron chi connectivity index (χ0n) is 33.8. The minimum Gasteiger partial charge on any atom is -0.445 e. The molecular formula is C45H48NO12P. The van der Waals surface area contributed by atoms with E-state index in [9.17, 15) is 28.8 Å². The van der Waals surface area contributed by atoms with Crippen LogP contribution in [0.5, 0.6) is 0 Å². The van der Waals surface area contributed by atoms with Crippen LogP contribution in [0.15, 0.2) is 143 Å². The fourth-order valence-electron chi connectivity index (χ4n) is 5.98. The molecule has 13 nitrogen and oxygen atoms in total. The van der Waals surface area contributed by atoms with Gasteiger partial charge < -0.3 is 24.2 Å². The van der Waals surface area contributed by atoms with E-state index in [4.69, 9.17) is 34.4 Å². The van der Waals surface area contributed by atoms with E-state index in [0.717, 1.165) is 16.7 Å². The van der Waals surface area contributed by atoms with Crippen molar-refractivity contribution in [3.8, 4) is 0 Å². The Morgan fingerprint density at radius 2 is 1.54 bits per heavy atom. The number of cyclic esters (lactones) is 1. The number of aliphatic hydroxyl groups is 1. The van der Waals surface area contributed by atoms with Gasteiger partial charge in [0.1, 0.15) is 18.8 Å². The quantitative estimate of drug-likeness (QED) is 0.0381. The molecule has 1 aliphatic heterocycles. The van der Waals surface area contributed by atoms with E-state index in [-0.39, 0.29) is 24.1 Å². The maximum absolute atomic E-state index is 14.2. The molecular weight excluding hydrogens is 777 g/mol. The molecule has 310 valence electrons. The number of nitrogens with zero attached hydrogens (tertiary/aromatic N) is 1. The normalized spacial score (nSPS) is 20.2. The van der Waals surface area contributed by atoms with Crippen LogP contribution in [0.4, 0.5) is 0 Å². The lowest BCUT2D eigenvalue weighted by Gasteiger charge is -2.37. The fourth-order valence-corrected chi connectivity index (χ4v) is 7.30. The zero-order chi connectivity index (χ0) is 43.2. The Morgan fingerprint density at radius 3 is 2.15 bits per heavy atom. The van der Waals surface area contributed by atoms with E-state index in [1.807, 2.05) is 83.2 Å². The average molecular weight is 826 g/mol. The molecule has 1 aliphatic carbocycles. The van der Waals surface area contributed by atoms with Crippen molar-refractivity contribution in [1.82, 2.24) is 0 Å². The van der Waals surface area contributed by atoms with Crippen molar-refractivity contribution in [3.63, 3.8) is 0 Å². The molecule has 0 amide bonds. The van der Waals surface area contributed by atoms with Gasteiger partial charge in [0.05, 0.1) is 17.7 Å². The van der Waals surface area contributed by atoms with Crippen molar-refractivity contribution >= 4 is 31.5 Å². The van der Waals surface area contributed by atoms with Gasteiger partial charge >= 0.3 is 25.7 Å². The van der Waals surface area contributed by atoms with Gasteiger partial charge in [-0.15, -0.1) is 0 Å². The minimum atomic E-state index is -4.74. The zero-order valence-corrected chi connectivity index (χ0v) is 34.7. The summed E-state index contributed by atoms with van der Waals surface area (Å²) < 4.78 is 47.0. The number of hydrogen-bond donors (Lipinski definition) is 1. The van der Waals surface area contributed by atoms with E-state index in [1.165, 1.54) is 24.3 Å². The lowest BCUT2D eigenvalue weighted by Crippen LogP contribution is -2.38. The van der Waals surface area contributed by atoms with Crippen LogP contribution >= 0.6 is 7.82 Å². The number of rotatable bonds is 18. The Balaban J connectivity index is 1.56. The number of aliphatic hydroxyl groups excluding tert-OH is 1. The molecule has 0 fully saturated rings. The topological polar surface area (TPSA) is 165 Å². The number of ether oxygens (including phenoxy) is 3. The highest BCUT2D eigenvalue weighted by atomic mass is 31.2. The molecule has 2 aromatic carbocycles. The molecule has 2 unspecified atom stereocenters. The van der Waals surface area contributed by atoms with E-state index >= 15 is 0 Å². The lowest BCUT2D eigenvalue weighted by atomic mass is 9.71. The molecule has 1 N–H and O–H groups in total. The number of allylic oxidation sites excluding steroid dienone is 11. The molecule has 0 saturated carbocycles. The third kappa shape index (κ3) is 12.9. The third-order valence-corrected chi connectivity index (χ3v) is 10.5. The Morgan fingerprint density at radius 1 is 0.949 bits per heavy atom. The molecule has 14 heteroatoms. The highest BCUT2D eigenvalue weighted by molar-refractivity contribution is 7.48. The van der Waals surface area contributed by atoms with Crippen molar-refractivity contribution in [1.29, 1.82) is 0 Å². The minimum absolute atomic E-state index is 0.0643. The first kappa shape index (κ1) is 46.0. The first-order valence-corrected chi connectivity index (χ1v) is 20.2. The van der Waals surface area contributed by atoms with Gasteiger partial charge in [0.15, 0.2) is 11.9 Å². The molecule has 4 rings (SSSR count). The van der Waals surface area contributed by atoms with Gasteiger partial charge in [0.25, 0.3) is 5.76 Å². The SMILES string of the molecule is [C-]#[N+]CCOP(=O)(OC[C@H](O)[C@H]1OC(=O)C(OC(=O)c2ccccc2)=C1OC(=O)c1ccccc1)OC1CC(C)(C)C(C=CC(C)=CC=CC(C)=CC=CC)=C(C)C1=O. The summed E-state index contributed by atoms with van der Waals surface area (Å²) in [5.41, 5.74) is 2.61. The second-order valence-corrected chi connectivity index (χ2v) is 15.8. The number of Topliss-reactive ketones (excluding diaryl/α,β-unsaturated/α-hetero) is 1. The fraction of sp³-hybridized carbons (Fsp3) is 0.311. The maximum atomic E-state index is 14.2. The van der Waals surface area contributed by atoms with E-state index in [1.54, 1.807) is 43.3 Å². The molecule has 2 aromatic rings. The van der Waals surface area contributed by atoms with Gasteiger partial charge in [-0.2, -0.15) is 0 Å². The van der Waals surface area contributed by atoms with Crippen LogP contribution in [0.25, 0.3) is 4.85 Å². The summed E-state index contributed by atoms with van der Waals surface area (Å²) in [6.45, 7) is 16.9. The summed E-state index contributed by atoms with van der Waals surface area (Å²) in [6, 6.07) is 15.4. The smallest absolute Gasteiger partial charge is 0.445 e. The van der Waals surface area contributed by atoms with Crippen LogP contribution in [-0.2, 0) is 41.9 Å². The number of benzene rings is 2. The molecule has 0 spiro atoms. The highest BCUT2D eigenvalue weighted by Crippen LogP contribution is 2.54. The Kier molecular flexibility index (Phi) is 16.6. The Labute approximate surface area is 344 Å².